The molecular weight excluding hydrogens is 320 g/mol. The molecule has 2 heterocycles. The average molecular weight is 332 g/mol. The van der Waals surface area contributed by atoms with Crippen LogP contribution >= 0.6 is 11.8 Å². The van der Waals surface area contributed by atoms with Crippen molar-refractivity contribution in [1.82, 2.24) is 5.32 Å². The molecule has 1 aromatic rings. The summed E-state index contributed by atoms with van der Waals surface area (Å²) in [6, 6.07) is 6.81. The molecule has 2 aliphatic heterocycles. The van der Waals surface area contributed by atoms with E-state index in [9.17, 15) is 19.2 Å². The van der Waals surface area contributed by atoms with Gasteiger partial charge in [0, 0.05) is 5.56 Å². The summed E-state index contributed by atoms with van der Waals surface area (Å²) in [7, 11) is 0. The molecule has 3 rings (SSSR count). The van der Waals surface area contributed by atoms with Gasteiger partial charge in [0.05, 0.1) is 22.8 Å². The summed E-state index contributed by atoms with van der Waals surface area (Å²) in [6.45, 7) is 1.64. The summed E-state index contributed by atoms with van der Waals surface area (Å²) < 4.78 is 4.88. The number of thioether (sulfide) groups is 1. The molecule has 1 fully saturated rings. The van der Waals surface area contributed by atoms with Gasteiger partial charge in [0.25, 0.3) is 17.1 Å². The van der Waals surface area contributed by atoms with Gasteiger partial charge in [0.15, 0.2) is 0 Å². The predicted molar refractivity (Wildman–Crippen MR) is 83.5 cm³/mol. The van der Waals surface area contributed by atoms with E-state index in [1.54, 1.807) is 31.2 Å². The van der Waals surface area contributed by atoms with E-state index in [1.807, 2.05) is 0 Å². The van der Waals surface area contributed by atoms with Crippen LogP contribution in [-0.4, -0.2) is 36.2 Å². The third-order valence-electron chi connectivity index (χ3n) is 3.36. The van der Waals surface area contributed by atoms with Gasteiger partial charge in [-0.05, 0) is 24.8 Å². The van der Waals surface area contributed by atoms with E-state index in [0.717, 1.165) is 0 Å². The number of para-hydroxylation sites is 1. The van der Waals surface area contributed by atoms with Gasteiger partial charge in [-0.3, -0.25) is 29.4 Å². The fraction of sp³-hybridized carbons (Fsp3) is 0.200. The smallest absolute Gasteiger partial charge is 0.326 e. The number of ether oxygens (including phenoxy) is 1. The standard InChI is InChI=1S/C15H12N2O5S/c1-2-22-10(18)7-17-9-6-4-3-5-8(9)11(14(17)20)12-13(19)16-15(21)23-12/h3-6H,2,7H2,1H3,(H,16,19,21)/b12-11-. The van der Waals surface area contributed by atoms with Crippen LogP contribution in [-0.2, 0) is 19.1 Å². The van der Waals surface area contributed by atoms with Crippen LogP contribution in [0.4, 0.5) is 10.5 Å². The first kappa shape index (κ1) is 15.3. The molecule has 0 unspecified atom stereocenters. The SMILES string of the molecule is CCOC(=O)CN1C(=O)/C(=C2\SC(=O)NC2=O)c2ccccc21. The maximum absolute atomic E-state index is 12.7. The van der Waals surface area contributed by atoms with Crippen LogP contribution in [0.25, 0.3) is 5.57 Å². The van der Waals surface area contributed by atoms with Gasteiger partial charge in [-0.2, -0.15) is 0 Å². The second-order valence-electron chi connectivity index (χ2n) is 4.76. The number of amides is 3. The molecule has 0 saturated carbocycles. The molecule has 1 N–H and O–H groups in total. The zero-order valence-electron chi connectivity index (χ0n) is 12.1. The predicted octanol–water partition coefficient (Wildman–Crippen LogP) is 1.29. The van der Waals surface area contributed by atoms with Crippen molar-refractivity contribution in [2.75, 3.05) is 18.1 Å². The molecule has 3 amide bonds. The van der Waals surface area contributed by atoms with Crippen LogP contribution in [0.15, 0.2) is 29.2 Å². The first-order valence-electron chi connectivity index (χ1n) is 6.87. The Morgan fingerprint density at radius 3 is 2.65 bits per heavy atom. The highest BCUT2D eigenvalue weighted by Gasteiger charge is 2.40. The van der Waals surface area contributed by atoms with Gasteiger partial charge < -0.3 is 4.74 Å². The number of esters is 1. The topological polar surface area (TPSA) is 92.8 Å². The van der Waals surface area contributed by atoms with Crippen molar-refractivity contribution in [2.45, 2.75) is 6.92 Å². The minimum atomic E-state index is -0.601. The molecule has 23 heavy (non-hydrogen) atoms. The molecule has 0 aromatic heterocycles. The lowest BCUT2D eigenvalue weighted by Gasteiger charge is -2.15. The summed E-state index contributed by atoms with van der Waals surface area (Å²) in [4.78, 5) is 49.0. The Morgan fingerprint density at radius 2 is 2.00 bits per heavy atom. The minimum absolute atomic E-state index is 0.0545. The molecule has 7 nitrogen and oxygen atoms in total. The van der Waals surface area contributed by atoms with Crippen molar-refractivity contribution in [1.29, 1.82) is 0 Å². The lowest BCUT2D eigenvalue weighted by atomic mass is 10.1. The second kappa shape index (κ2) is 5.88. The van der Waals surface area contributed by atoms with Crippen molar-refractivity contribution in [3.63, 3.8) is 0 Å². The van der Waals surface area contributed by atoms with Gasteiger partial charge in [-0.25, -0.2) is 0 Å². The van der Waals surface area contributed by atoms with Gasteiger partial charge in [0.1, 0.15) is 6.54 Å². The average Bonchev–Trinajstić information content (AvgIpc) is 2.97. The Balaban J connectivity index is 2.06. The van der Waals surface area contributed by atoms with Gasteiger partial charge in [-0.1, -0.05) is 18.2 Å². The largest absolute Gasteiger partial charge is 0.465 e. The third kappa shape index (κ3) is 2.61. The highest BCUT2D eigenvalue weighted by molar-refractivity contribution is 8.18. The van der Waals surface area contributed by atoms with E-state index in [0.29, 0.717) is 23.0 Å². The van der Waals surface area contributed by atoms with Crippen molar-refractivity contribution in [3.05, 3.63) is 34.7 Å². The maximum atomic E-state index is 12.7. The number of imide groups is 1. The molecule has 118 valence electrons. The second-order valence-corrected chi connectivity index (χ2v) is 5.74. The van der Waals surface area contributed by atoms with Gasteiger partial charge in [-0.15, -0.1) is 0 Å². The van der Waals surface area contributed by atoms with E-state index in [1.165, 1.54) is 4.90 Å². The molecule has 1 saturated heterocycles. The zero-order chi connectivity index (χ0) is 16.6. The Kier molecular flexibility index (Phi) is 3.91. The van der Waals surface area contributed by atoms with Gasteiger partial charge in [0.2, 0.25) is 0 Å². The first-order chi connectivity index (χ1) is 11.0. The van der Waals surface area contributed by atoms with Crippen LogP contribution in [0, 0.1) is 0 Å². The van der Waals surface area contributed by atoms with Crippen molar-refractivity contribution >= 4 is 46.0 Å². The van der Waals surface area contributed by atoms with E-state index in [-0.39, 0.29) is 23.6 Å². The van der Waals surface area contributed by atoms with Crippen molar-refractivity contribution in [3.8, 4) is 0 Å². The number of carbonyl (C=O) groups excluding carboxylic acids is 4. The molecule has 0 spiro atoms. The summed E-state index contributed by atoms with van der Waals surface area (Å²) in [5.74, 6) is -1.63. The summed E-state index contributed by atoms with van der Waals surface area (Å²) in [5.41, 5.74) is 1.17. The van der Waals surface area contributed by atoms with E-state index >= 15 is 0 Å². The molecule has 0 bridgehead atoms. The van der Waals surface area contributed by atoms with Crippen LogP contribution in [0.5, 0.6) is 0 Å². The fourth-order valence-corrected chi connectivity index (χ4v) is 3.24. The molecule has 0 aliphatic carbocycles. The highest BCUT2D eigenvalue weighted by atomic mass is 32.2. The summed E-state index contributed by atoms with van der Waals surface area (Å²) in [6.07, 6.45) is 0. The lowest BCUT2D eigenvalue weighted by Crippen LogP contribution is -2.33. The number of anilines is 1. The number of rotatable bonds is 3. The molecule has 8 heteroatoms. The Morgan fingerprint density at radius 1 is 1.26 bits per heavy atom. The maximum Gasteiger partial charge on any atom is 0.326 e. The molecular formula is C15H12N2O5S. The molecule has 0 radical (unpaired) electrons. The highest BCUT2D eigenvalue weighted by Crippen LogP contribution is 2.42. The third-order valence-corrected chi connectivity index (χ3v) is 4.24. The fourth-order valence-electron chi connectivity index (χ4n) is 2.47. The number of carbonyl (C=O) groups is 4. The molecule has 2 aliphatic rings. The van der Waals surface area contributed by atoms with Crippen LogP contribution in [0.3, 0.4) is 0 Å². The number of hydrogen-bond donors (Lipinski definition) is 1. The summed E-state index contributed by atoms with van der Waals surface area (Å²) in [5, 5.41) is 1.61. The number of fused-ring (bicyclic) bond motifs is 1. The quantitative estimate of drug-likeness (QED) is 0.662. The zero-order valence-corrected chi connectivity index (χ0v) is 12.9. The Bertz CT molecular complexity index is 771. The van der Waals surface area contributed by atoms with E-state index in [2.05, 4.69) is 5.32 Å². The number of hydrogen-bond acceptors (Lipinski definition) is 6. The summed E-state index contributed by atoms with van der Waals surface area (Å²) >= 11 is 0.686. The van der Waals surface area contributed by atoms with Crippen molar-refractivity contribution < 1.29 is 23.9 Å². The van der Waals surface area contributed by atoms with E-state index < -0.39 is 23.0 Å². The van der Waals surface area contributed by atoms with Crippen molar-refractivity contribution in [2.24, 2.45) is 0 Å². The number of nitrogens with zero attached hydrogens (tertiary/aromatic N) is 1. The monoisotopic (exact) mass is 332 g/mol. The molecule has 0 atom stereocenters. The Hall–Kier alpha value is -2.61. The van der Waals surface area contributed by atoms with E-state index in [4.69, 9.17) is 4.74 Å². The normalized spacial score (nSPS) is 19.9. The first-order valence-corrected chi connectivity index (χ1v) is 7.69. The lowest BCUT2D eigenvalue weighted by molar-refractivity contribution is -0.142. The van der Waals surface area contributed by atoms with Crippen LogP contribution in [0.2, 0.25) is 0 Å². The Labute approximate surface area is 135 Å². The number of benzene rings is 1. The van der Waals surface area contributed by atoms with Crippen LogP contribution in [0.1, 0.15) is 12.5 Å². The molecule has 1 aromatic carbocycles. The number of nitrogens with one attached hydrogen (secondary N) is 1. The van der Waals surface area contributed by atoms with Gasteiger partial charge >= 0.3 is 5.97 Å². The van der Waals surface area contributed by atoms with Crippen LogP contribution < -0.4 is 10.2 Å². The minimum Gasteiger partial charge on any atom is -0.465 e.